The number of amides is 1. The highest BCUT2D eigenvalue weighted by Crippen LogP contribution is 2.50. The van der Waals surface area contributed by atoms with Crippen LogP contribution in [0, 0.1) is 12.8 Å². The molecule has 1 aliphatic carbocycles. The van der Waals surface area contributed by atoms with Gasteiger partial charge in [0.15, 0.2) is 0 Å². The average molecular weight is 401 g/mol. The van der Waals surface area contributed by atoms with Crippen LogP contribution in [-0.2, 0) is 11.3 Å². The molecule has 3 nitrogen and oxygen atoms in total. The third-order valence-corrected chi connectivity index (χ3v) is 6.78. The Kier molecular flexibility index (Phi) is 5.76. The molecule has 0 aromatic heterocycles. The van der Waals surface area contributed by atoms with Crippen molar-refractivity contribution < 1.29 is 4.79 Å². The van der Waals surface area contributed by atoms with Crippen LogP contribution in [0.2, 0.25) is 5.02 Å². The van der Waals surface area contributed by atoms with Crippen LogP contribution in [0.5, 0.6) is 0 Å². The maximum Gasteiger partial charge on any atom is 0.228 e. The zero-order valence-corrected chi connectivity index (χ0v) is 17.2. The van der Waals surface area contributed by atoms with Crippen LogP contribution in [0.1, 0.15) is 29.0 Å². The second-order valence-corrected chi connectivity index (χ2v) is 9.13. The van der Waals surface area contributed by atoms with Crippen LogP contribution in [0.4, 0.5) is 5.69 Å². The van der Waals surface area contributed by atoms with E-state index in [0.29, 0.717) is 0 Å². The number of carbonyl (C=O) groups is 1. The predicted molar refractivity (Wildman–Crippen MR) is 115 cm³/mol. The van der Waals surface area contributed by atoms with E-state index < -0.39 is 0 Å². The van der Waals surface area contributed by atoms with Gasteiger partial charge in [0.2, 0.25) is 5.91 Å². The lowest BCUT2D eigenvalue weighted by atomic mass is 10.1. The summed E-state index contributed by atoms with van der Waals surface area (Å²) >= 11 is 8.31. The number of halogens is 1. The molecule has 0 bridgehead atoms. The van der Waals surface area contributed by atoms with Gasteiger partial charge in [-0.3, -0.25) is 9.69 Å². The highest BCUT2D eigenvalue weighted by atomic mass is 35.5. The van der Waals surface area contributed by atoms with Gasteiger partial charge in [-0.25, -0.2) is 0 Å². The molecule has 142 valence electrons. The van der Waals surface area contributed by atoms with Gasteiger partial charge in [0, 0.05) is 47.8 Å². The number of anilines is 1. The van der Waals surface area contributed by atoms with Crippen LogP contribution >= 0.6 is 23.4 Å². The van der Waals surface area contributed by atoms with Crippen molar-refractivity contribution in [3.05, 3.63) is 64.2 Å². The van der Waals surface area contributed by atoms with Gasteiger partial charge in [0.05, 0.1) is 0 Å². The summed E-state index contributed by atoms with van der Waals surface area (Å²) in [6.07, 6.45) is 0.875. The van der Waals surface area contributed by atoms with E-state index in [4.69, 9.17) is 11.6 Å². The van der Waals surface area contributed by atoms with E-state index in [1.807, 2.05) is 42.1 Å². The van der Waals surface area contributed by atoms with Crippen LogP contribution in [0.3, 0.4) is 0 Å². The third kappa shape index (κ3) is 4.50. The lowest BCUT2D eigenvalue weighted by Gasteiger charge is -2.26. The van der Waals surface area contributed by atoms with Crippen molar-refractivity contribution in [2.75, 3.05) is 29.9 Å². The van der Waals surface area contributed by atoms with E-state index in [-0.39, 0.29) is 17.7 Å². The first-order valence-corrected chi connectivity index (χ1v) is 11.1. The molecule has 2 aliphatic rings. The number of rotatable bonds is 5. The van der Waals surface area contributed by atoms with E-state index in [2.05, 4.69) is 29.3 Å². The Labute approximate surface area is 170 Å². The third-order valence-electron chi connectivity index (χ3n) is 5.49. The van der Waals surface area contributed by atoms with Gasteiger partial charge in [-0.15, -0.1) is 0 Å². The maximum atomic E-state index is 12.7. The largest absolute Gasteiger partial charge is 0.326 e. The topological polar surface area (TPSA) is 32.3 Å². The molecule has 27 heavy (non-hydrogen) atoms. The van der Waals surface area contributed by atoms with Crippen molar-refractivity contribution >= 4 is 35.0 Å². The summed E-state index contributed by atoms with van der Waals surface area (Å²) in [6.45, 7) is 5.39. The Morgan fingerprint density at radius 3 is 2.74 bits per heavy atom. The lowest BCUT2D eigenvalue weighted by molar-refractivity contribution is -0.117. The van der Waals surface area contributed by atoms with Crippen molar-refractivity contribution in [2.45, 2.75) is 25.8 Å². The summed E-state index contributed by atoms with van der Waals surface area (Å²) < 4.78 is 0. The van der Waals surface area contributed by atoms with Gasteiger partial charge in [0.25, 0.3) is 0 Å². The molecule has 4 rings (SSSR count). The van der Waals surface area contributed by atoms with Crippen LogP contribution in [-0.4, -0.2) is 35.4 Å². The Morgan fingerprint density at radius 1 is 1.22 bits per heavy atom. The lowest BCUT2D eigenvalue weighted by Crippen LogP contribution is -2.31. The maximum absolute atomic E-state index is 12.7. The van der Waals surface area contributed by atoms with Crippen molar-refractivity contribution in [3.8, 4) is 0 Å². The first-order valence-electron chi connectivity index (χ1n) is 9.57. The second kappa shape index (κ2) is 8.26. The smallest absolute Gasteiger partial charge is 0.228 e. The molecule has 1 saturated heterocycles. The summed E-state index contributed by atoms with van der Waals surface area (Å²) in [4.78, 5) is 15.2. The molecule has 1 heterocycles. The van der Waals surface area contributed by atoms with E-state index in [1.54, 1.807) is 0 Å². The zero-order chi connectivity index (χ0) is 18.8. The number of hydrogen-bond acceptors (Lipinski definition) is 3. The summed E-state index contributed by atoms with van der Waals surface area (Å²) in [5.74, 6) is 2.82. The van der Waals surface area contributed by atoms with Crippen LogP contribution < -0.4 is 5.32 Å². The molecule has 1 amide bonds. The molecule has 0 spiro atoms. The monoisotopic (exact) mass is 400 g/mol. The highest BCUT2D eigenvalue weighted by Gasteiger charge is 2.44. The van der Waals surface area contributed by atoms with E-state index in [1.165, 1.54) is 17.1 Å². The molecule has 2 aromatic rings. The number of nitrogens with zero attached hydrogens (tertiary/aromatic N) is 1. The van der Waals surface area contributed by atoms with Gasteiger partial charge < -0.3 is 5.32 Å². The fourth-order valence-electron chi connectivity index (χ4n) is 3.81. The zero-order valence-electron chi connectivity index (χ0n) is 15.6. The molecular weight excluding hydrogens is 376 g/mol. The van der Waals surface area contributed by atoms with Gasteiger partial charge in [0.1, 0.15) is 0 Å². The van der Waals surface area contributed by atoms with E-state index >= 15 is 0 Å². The van der Waals surface area contributed by atoms with Crippen molar-refractivity contribution in [1.82, 2.24) is 4.90 Å². The number of benzene rings is 2. The molecule has 1 N–H and O–H groups in total. The molecule has 2 fully saturated rings. The van der Waals surface area contributed by atoms with Crippen molar-refractivity contribution in [2.24, 2.45) is 5.92 Å². The molecule has 1 saturated carbocycles. The SMILES string of the molecule is Cc1cc(CN2CCSCC2)ccc1NC(=O)C1CC1c1ccccc1Cl. The molecule has 2 unspecified atom stereocenters. The number of hydrogen-bond donors (Lipinski definition) is 1. The summed E-state index contributed by atoms with van der Waals surface area (Å²) in [6, 6.07) is 14.2. The first-order chi connectivity index (χ1) is 13.1. The molecule has 5 heteroatoms. The summed E-state index contributed by atoms with van der Waals surface area (Å²) in [5, 5.41) is 3.88. The van der Waals surface area contributed by atoms with Gasteiger partial charge >= 0.3 is 0 Å². The predicted octanol–water partition coefficient (Wildman–Crippen LogP) is 4.94. The number of aryl methyl sites for hydroxylation is 1. The fourth-order valence-corrected chi connectivity index (χ4v) is 5.07. The fraction of sp³-hybridized carbons (Fsp3) is 0.409. The standard InChI is InChI=1S/C22H25ClN2OS/c1-15-12-16(14-25-8-10-27-11-9-25)6-7-21(15)24-22(26)19-13-18(19)17-4-2-3-5-20(17)23/h2-7,12,18-19H,8-11,13-14H2,1H3,(H,24,26). The first kappa shape index (κ1) is 18.9. The van der Waals surface area contributed by atoms with E-state index in [0.717, 1.165) is 47.9 Å². The number of nitrogens with one attached hydrogen (secondary N) is 1. The highest BCUT2D eigenvalue weighted by molar-refractivity contribution is 7.99. The van der Waals surface area contributed by atoms with Gasteiger partial charge in [-0.05, 0) is 48.1 Å². The van der Waals surface area contributed by atoms with Crippen LogP contribution in [0.25, 0.3) is 0 Å². The summed E-state index contributed by atoms with van der Waals surface area (Å²) in [5.41, 5.74) is 4.45. The minimum Gasteiger partial charge on any atom is -0.326 e. The molecular formula is C22H25ClN2OS. The Hall–Kier alpha value is -1.49. The van der Waals surface area contributed by atoms with Crippen LogP contribution in [0.15, 0.2) is 42.5 Å². The Balaban J connectivity index is 1.37. The average Bonchev–Trinajstić information content (AvgIpc) is 3.46. The number of thioether (sulfide) groups is 1. The second-order valence-electron chi connectivity index (χ2n) is 7.50. The van der Waals surface area contributed by atoms with Crippen molar-refractivity contribution in [1.29, 1.82) is 0 Å². The quantitative estimate of drug-likeness (QED) is 0.771. The molecule has 2 aromatic carbocycles. The van der Waals surface area contributed by atoms with Gasteiger partial charge in [-0.1, -0.05) is 41.9 Å². The molecule has 1 aliphatic heterocycles. The summed E-state index contributed by atoms with van der Waals surface area (Å²) in [7, 11) is 0. The Morgan fingerprint density at radius 2 is 2.00 bits per heavy atom. The normalized spacial score (nSPS) is 22.4. The minimum atomic E-state index is 0.0230. The van der Waals surface area contributed by atoms with Gasteiger partial charge in [-0.2, -0.15) is 11.8 Å². The Bertz CT molecular complexity index is 835. The molecule has 0 radical (unpaired) electrons. The minimum absolute atomic E-state index is 0.0230. The van der Waals surface area contributed by atoms with Crippen molar-refractivity contribution in [3.63, 3.8) is 0 Å². The molecule has 2 atom stereocenters. The van der Waals surface area contributed by atoms with E-state index in [9.17, 15) is 4.79 Å². The number of carbonyl (C=O) groups excluding carboxylic acids is 1.